The largest absolute Gasteiger partial charge is 0.276 e. The molecule has 0 saturated heterocycles. The Hall–Kier alpha value is -1.99. The van der Waals surface area contributed by atoms with Gasteiger partial charge in [0.1, 0.15) is 0 Å². The Labute approximate surface area is 124 Å². The van der Waals surface area contributed by atoms with Crippen LogP contribution in [0.1, 0.15) is 22.5 Å². The van der Waals surface area contributed by atoms with Crippen LogP contribution in [-0.2, 0) is 10.0 Å². The van der Waals surface area contributed by atoms with E-state index in [-0.39, 0.29) is 10.8 Å². The van der Waals surface area contributed by atoms with E-state index >= 15 is 0 Å². The third kappa shape index (κ3) is 3.77. The van der Waals surface area contributed by atoms with Crippen LogP contribution in [-0.4, -0.2) is 18.4 Å². The lowest BCUT2D eigenvalue weighted by Gasteiger charge is -2.11. The van der Waals surface area contributed by atoms with Crippen molar-refractivity contribution >= 4 is 16.0 Å². The zero-order valence-corrected chi connectivity index (χ0v) is 13.2. The van der Waals surface area contributed by atoms with Crippen molar-refractivity contribution in [3.05, 3.63) is 46.8 Å². The molecule has 7 heteroatoms. The molecule has 2 N–H and O–H groups in total. The highest BCUT2D eigenvalue weighted by atomic mass is 32.2. The van der Waals surface area contributed by atoms with E-state index in [4.69, 9.17) is 0 Å². The van der Waals surface area contributed by atoms with Crippen molar-refractivity contribution < 1.29 is 8.42 Å². The van der Waals surface area contributed by atoms with E-state index < -0.39 is 10.0 Å². The number of rotatable bonds is 4. The third-order valence-corrected chi connectivity index (χ3v) is 4.30. The van der Waals surface area contributed by atoms with E-state index in [1.54, 1.807) is 19.1 Å². The Morgan fingerprint density at radius 2 is 1.57 bits per heavy atom. The van der Waals surface area contributed by atoms with Crippen LogP contribution >= 0.6 is 0 Å². The van der Waals surface area contributed by atoms with Gasteiger partial charge in [0.2, 0.25) is 5.95 Å². The Kier molecular flexibility index (Phi) is 4.24. The van der Waals surface area contributed by atoms with Crippen molar-refractivity contribution in [1.29, 1.82) is 0 Å². The van der Waals surface area contributed by atoms with Crippen molar-refractivity contribution in [2.75, 3.05) is 5.43 Å². The summed E-state index contributed by atoms with van der Waals surface area (Å²) < 4.78 is 24.6. The number of hydrogen-bond donors (Lipinski definition) is 2. The van der Waals surface area contributed by atoms with Crippen LogP contribution < -0.4 is 10.3 Å². The average molecular weight is 306 g/mol. The number of hydrogen-bond acceptors (Lipinski definition) is 5. The SMILES string of the molecule is Cc1ccc(C)c(S(=O)(=O)NNc2nc(C)cc(C)n2)c1. The summed E-state index contributed by atoms with van der Waals surface area (Å²) in [4.78, 5) is 10.8. The number of hydrazine groups is 1. The molecule has 0 radical (unpaired) electrons. The molecule has 6 nitrogen and oxygen atoms in total. The van der Waals surface area contributed by atoms with Gasteiger partial charge in [-0.05, 0) is 51.0 Å². The second kappa shape index (κ2) is 5.79. The first-order valence-electron chi connectivity index (χ1n) is 6.45. The number of sulfonamides is 1. The average Bonchev–Trinajstić information content (AvgIpc) is 2.38. The number of nitrogens with zero attached hydrogens (tertiary/aromatic N) is 2. The summed E-state index contributed by atoms with van der Waals surface area (Å²) in [5.74, 6) is 0.224. The van der Waals surface area contributed by atoms with Crippen LogP contribution in [0.25, 0.3) is 0 Å². The summed E-state index contributed by atoms with van der Waals surface area (Å²) in [7, 11) is -3.68. The van der Waals surface area contributed by atoms with Gasteiger partial charge in [-0.3, -0.25) is 5.43 Å². The summed E-state index contributed by atoms with van der Waals surface area (Å²) in [5, 5.41) is 0. The minimum atomic E-state index is -3.68. The molecule has 2 aromatic rings. The number of anilines is 1. The summed E-state index contributed by atoms with van der Waals surface area (Å²) in [6.45, 7) is 7.23. The van der Waals surface area contributed by atoms with Gasteiger partial charge in [-0.15, -0.1) is 4.83 Å². The Bertz CT molecular complexity index is 752. The quantitative estimate of drug-likeness (QED) is 0.844. The standard InChI is InChI=1S/C14H18N4O2S/c1-9-5-6-10(2)13(7-9)21(19,20)18-17-14-15-11(3)8-12(4)16-14/h5-8,18H,1-4H3,(H,15,16,17). The van der Waals surface area contributed by atoms with Crippen LogP contribution in [0, 0.1) is 27.7 Å². The topological polar surface area (TPSA) is 84.0 Å². The van der Waals surface area contributed by atoms with Crippen LogP contribution in [0.2, 0.25) is 0 Å². The number of nitrogens with one attached hydrogen (secondary N) is 2. The second-order valence-electron chi connectivity index (χ2n) is 4.97. The first-order valence-corrected chi connectivity index (χ1v) is 7.93. The molecule has 2 rings (SSSR count). The van der Waals surface area contributed by atoms with Crippen molar-refractivity contribution in [1.82, 2.24) is 14.8 Å². The van der Waals surface area contributed by atoms with Gasteiger partial charge in [-0.2, -0.15) is 0 Å². The fraction of sp³-hybridized carbons (Fsp3) is 0.286. The molecular formula is C14H18N4O2S. The monoisotopic (exact) mass is 306 g/mol. The summed E-state index contributed by atoms with van der Waals surface area (Å²) in [6.07, 6.45) is 0. The Morgan fingerprint density at radius 3 is 2.19 bits per heavy atom. The zero-order valence-electron chi connectivity index (χ0n) is 12.4. The van der Waals surface area contributed by atoms with E-state index in [1.165, 1.54) is 0 Å². The lowest BCUT2D eigenvalue weighted by atomic mass is 10.2. The van der Waals surface area contributed by atoms with Gasteiger partial charge in [-0.1, -0.05) is 12.1 Å². The molecule has 112 valence electrons. The minimum Gasteiger partial charge on any atom is -0.276 e. The first-order chi connectivity index (χ1) is 9.78. The van der Waals surface area contributed by atoms with Gasteiger partial charge < -0.3 is 0 Å². The molecule has 0 unspecified atom stereocenters. The van der Waals surface area contributed by atoms with Crippen molar-refractivity contribution in [2.24, 2.45) is 0 Å². The van der Waals surface area contributed by atoms with Gasteiger partial charge in [0.15, 0.2) is 0 Å². The predicted octanol–water partition coefficient (Wildman–Crippen LogP) is 2.02. The van der Waals surface area contributed by atoms with Gasteiger partial charge >= 0.3 is 0 Å². The molecule has 1 aromatic carbocycles. The van der Waals surface area contributed by atoms with Crippen LogP contribution in [0.5, 0.6) is 0 Å². The molecule has 0 aliphatic carbocycles. The molecule has 0 aliphatic heterocycles. The van der Waals surface area contributed by atoms with Crippen LogP contribution in [0.15, 0.2) is 29.2 Å². The fourth-order valence-corrected chi connectivity index (χ4v) is 3.12. The van der Waals surface area contributed by atoms with E-state index in [9.17, 15) is 8.42 Å². The molecule has 0 saturated carbocycles. The Balaban J connectivity index is 2.23. The predicted molar refractivity (Wildman–Crippen MR) is 81.4 cm³/mol. The highest BCUT2D eigenvalue weighted by Crippen LogP contribution is 2.16. The summed E-state index contributed by atoms with van der Waals surface area (Å²) in [5.41, 5.74) is 5.63. The Morgan fingerprint density at radius 1 is 0.952 bits per heavy atom. The van der Waals surface area contributed by atoms with E-state index in [1.807, 2.05) is 32.9 Å². The van der Waals surface area contributed by atoms with Gasteiger partial charge in [0.05, 0.1) is 4.90 Å². The van der Waals surface area contributed by atoms with E-state index in [0.29, 0.717) is 5.56 Å². The highest BCUT2D eigenvalue weighted by molar-refractivity contribution is 7.89. The molecule has 0 atom stereocenters. The molecule has 0 spiro atoms. The molecule has 1 aromatic heterocycles. The first kappa shape index (κ1) is 15.4. The second-order valence-corrected chi connectivity index (χ2v) is 6.62. The van der Waals surface area contributed by atoms with Gasteiger partial charge in [-0.25, -0.2) is 18.4 Å². The molecule has 21 heavy (non-hydrogen) atoms. The minimum absolute atomic E-state index is 0.224. The molecule has 1 heterocycles. The molecular weight excluding hydrogens is 288 g/mol. The van der Waals surface area contributed by atoms with Gasteiger partial charge in [0.25, 0.3) is 10.0 Å². The molecule has 0 bridgehead atoms. The van der Waals surface area contributed by atoms with Crippen LogP contribution in [0.4, 0.5) is 5.95 Å². The maximum absolute atomic E-state index is 12.3. The fourth-order valence-electron chi connectivity index (χ4n) is 1.95. The molecule has 0 fully saturated rings. The summed E-state index contributed by atoms with van der Waals surface area (Å²) in [6, 6.07) is 7.08. The van der Waals surface area contributed by atoms with Crippen molar-refractivity contribution in [2.45, 2.75) is 32.6 Å². The normalized spacial score (nSPS) is 11.4. The molecule has 0 amide bonds. The lowest BCUT2D eigenvalue weighted by molar-refractivity contribution is 0.586. The lowest BCUT2D eigenvalue weighted by Crippen LogP contribution is -2.31. The summed E-state index contributed by atoms with van der Waals surface area (Å²) >= 11 is 0. The van der Waals surface area contributed by atoms with Crippen molar-refractivity contribution in [3.63, 3.8) is 0 Å². The number of aromatic nitrogens is 2. The third-order valence-electron chi connectivity index (χ3n) is 2.91. The smallest absolute Gasteiger partial charge is 0.257 e. The van der Waals surface area contributed by atoms with E-state index in [0.717, 1.165) is 17.0 Å². The zero-order chi connectivity index (χ0) is 15.6. The molecule has 0 aliphatic rings. The van der Waals surface area contributed by atoms with Gasteiger partial charge in [0, 0.05) is 11.4 Å². The number of benzene rings is 1. The van der Waals surface area contributed by atoms with Crippen molar-refractivity contribution in [3.8, 4) is 0 Å². The van der Waals surface area contributed by atoms with Crippen LogP contribution in [0.3, 0.4) is 0 Å². The van der Waals surface area contributed by atoms with E-state index in [2.05, 4.69) is 20.2 Å². The highest BCUT2D eigenvalue weighted by Gasteiger charge is 2.17. The number of aryl methyl sites for hydroxylation is 4. The maximum Gasteiger partial charge on any atom is 0.257 e. The maximum atomic E-state index is 12.3.